The van der Waals surface area contributed by atoms with Crippen LogP contribution < -0.4 is 12.4 Å². The molecule has 0 saturated heterocycles. The Morgan fingerprint density at radius 1 is 0.636 bits per heavy atom. The maximum Gasteiger partial charge on any atom is 0.333 e. The van der Waals surface area contributed by atoms with Crippen LogP contribution in [0.25, 0.3) is 0 Å². The first-order chi connectivity index (χ1) is 15.4. The Kier molecular flexibility index (Phi) is 25.8. The minimum atomic E-state index is -0.254. The Morgan fingerprint density at radius 3 is 1.33 bits per heavy atom. The quantitative estimate of drug-likeness (QED) is 0.0764. The second kappa shape index (κ2) is 24.6. The molecule has 0 N–H and O–H groups in total. The lowest BCUT2D eigenvalue weighted by atomic mass is 10.1. The number of carbonyl (C=O) groups excluding carboxylic acids is 1. The Balaban J connectivity index is 0. The summed E-state index contributed by atoms with van der Waals surface area (Å²) < 4.78 is 6.33. The van der Waals surface area contributed by atoms with Crippen molar-refractivity contribution in [3.8, 4) is 0 Å². The molecule has 0 atom stereocenters. The standard InChI is InChI=1S/C29H58NO2.ClH/c1-6-7-8-9-10-11-13-16-19-22-25-30(4,5)26-23-20-17-14-12-15-18-21-24-27-32-29(31)28(2)3;/h2,6-27H2,1,3-5H3;1H/q+1;/p-1. The molecule has 0 heterocycles. The third-order valence-electron chi connectivity index (χ3n) is 6.61. The van der Waals surface area contributed by atoms with Crippen molar-refractivity contribution in [2.24, 2.45) is 0 Å². The third kappa shape index (κ3) is 25.9. The molecule has 0 aliphatic rings. The van der Waals surface area contributed by atoms with E-state index in [1.165, 1.54) is 127 Å². The largest absolute Gasteiger partial charge is 1.00 e. The number of unbranched alkanes of at least 4 members (excludes halogenated alkanes) is 17. The number of hydrogen-bond donors (Lipinski definition) is 0. The van der Waals surface area contributed by atoms with Gasteiger partial charge in [0.2, 0.25) is 0 Å². The van der Waals surface area contributed by atoms with Gasteiger partial charge in [-0.05, 0) is 39.0 Å². The molecule has 0 aromatic carbocycles. The first kappa shape index (κ1) is 34.6. The number of halogens is 1. The summed E-state index contributed by atoms with van der Waals surface area (Å²) in [6.45, 7) is 10.8. The van der Waals surface area contributed by atoms with Crippen LogP contribution in [0.15, 0.2) is 12.2 Å². The van der Waals surface area contributed by atoms with Gasteiger partial charge in [-0.25, -0.2) is 4.79 Å². The van der Waals surface area contributed by atoms with E-state index in [0.717, 1.165) is 12.8 Å². The summed E-state index contributed by atoms with van der Waals surface area (Å²) in [6, 6.07) is 0. The average Bonchev–Trinajstić information content (AvgIpc) is 2.75. The second-order valence-corrected chi connectivity index (χ2v) is 10.7. The van der Waals surface area contributed by atoms with Gasteiger partial charge in [0.15, 0.2) is 0 Å². The highest BCUT2D eigenvalue weighted by molar-refractivity contribution is 5.86. The summed E-state index contributed by atoms with van der Waals surface area (Å²) in [7, 11) is 4.84. The lowest BCUT2D eigenvalue weighted by Gasteiger charge is -2.30. The molecule has 0 saturated carbocycles. The van der Waals surface area contributed by atoms with Crippen LogP contribution in [0.4, 0.5) is 0 Å². The molecule has 3 nitrogen and oxygen atoms in total. The molecular formula is C29H58ClNO2. The molecule has 0 rings (SSSR count). The number of ether oxygens (including phenoxy) is 1. The van der Waals surface area contributed by atoms with Gasteiger partial charge in [0.25, 0.3) is 0 Å². The maximum absolute atomic E-state index is 11.3. The monoisotopic (exact) mass is 487 g/mol. The van der Waals surface area contributed by atoms with E-state index in [1.54, 1.807) is 6.92 Å². The van der Waals surface area contributed by atoms with E-state index in [0.29, 0.717) is 12.2 Å². The molecule has 0 radical (unpaired) electrons. The van der Waals surface area contributed by atoms with E-state index in [2.05, 4.69) is 27.6 Å². The van der Waals surface area contributed by atoms with E-state index in [4.69, 9.17) is 4.74 Å². The van der Waals surface area contributed by atoms with E-state index >= 15 is 0 Å². The van der Waals surface area contributed by atoms with E-state index in [-0.39, 0.29) is 18.4 Å². The zero-order chi connectivity index (χ0) is 23.9. The van der Waals surface area contributed by atoms with Crippen LogP contribution in [0.3, 0.4) is 0 Å². The molecule has 0 aliphatic heterocycles. The van der Waals surface area contributed by atoms with Crippen LogP contribution in [0.5, 0.6) is 0 Å². The fraction of sp³-hybridized carbons (Fsp3) is 0.897. The number of esters is 1. The number of hydrogen-bond acceptors (Lipinski definition) is 2. The number of carbonyl (C=O) groups is 1. The molecule has 0 aromatic heterocycles. The van der Waals surface area contributed by atoms with Crippen LogP contribution in [-0.2, 0) is 9.53 Å². The summed E-state index contributed by atoms with van der Waals surface area (Å²) in [5.41, 5.74) is 0.492. The average molecular weight is 488 g/mol. The molecule has 0 aromatic rings. The van der Waals surface area contributed by atoms with E-state index in [1.807, 2.05) is 0 Å². The first-order valence-corrected chi connectivity index (χ1v) is 14.0. The Hall–Kier alpha value is -0.540. The van der Waals surface area contributed by atoms with E-state index < -0.39 is 0 Å². The highest BCUT2D eigenvalue weighted by Crippen LogP contribution is 2.14. The van der Waals surface area contributed by atoms with Gasteiger partial charge in [-0.15, -0.1) is 0 Å². The summed E-state index contributed by atoms with van der Waals surface area (Å²) in [6.07, 6.45) is 25.9. The zero-order valence-electron chi connectivity index (χ0n) is 22.9. The fourth-order valence-electron chi connectivity index (χ4n) is 4.31. The number of nitrogens with zero attached hydrogens (tertiary/aromatic N) is 1. The van der Waals surface area contributed by atoms with Gasteiger partial charge in [0.05, 0.1) is 33.8 Å². The summed E-state index contributed by atoms with van der Waals surface area (Å²) in [5, 5.41) is 0. The van der Waals surface area contributed by atoms with Crippen LogP contribution in [0.1, 0.15) is 136 Å². The van der Waals surface area contributed by atoms with E-state index in [9.17, 15) is 4.79 Å². The second-order valence-electron chi connectivity index (χ2n) is 10.7. The molecule has 33 heavy (non-hydrogen) atoms. The highest BCUT2D eigenvalue weighted by atomic mass is 35.5. The van der Waals surface area contributed by atoms with Gasteiger partial charge in [0, 0.05) is 5.57 Å². The molecule has 0 amide bonds. The summed E-state index contributed by atoms with van der Waals surface area (Å²) >= 11 is 0. The Labute approximate surface area is 214 Å². The molecule has 4 heteroatoms. The lowest BCUT2D eigenvalue weighted by Crippen LogP contribution is -3.00. The van der Waals surface area contributed by atoms with Crippen molar-refractivity contribution in [3.63, 3.8) is 0 Å². The van der Waals surface area contributed by atoms with Crippen LogP contribution in [0.2, 0.25) is 0 Å². The van der Waals surface area contributed by atoms with Crippen molar-refractivity contribution in [2.45, 2.75) is 136 Å². The van der Waals surface area contributed by atoms with Gasteiger partial charge in [-0.2, -0.15) is 0 Å². The summed E-state index contributed by atoms with van der Waals surface area (Å²) in [5.74, 6) is -0.254. The molecule has 0 fully saturated rings. The SMILES string of the molecule is C=C(C)C(=O)OCCCCCCCCCCC[N+](C)(C)CCCCCCCCCCCC.[Cl-]. The smallest absolute Gasteiger partial charge is 0.333 e. The van der Waals surface area contributed by atoms with Crippen LogP contribution >= 0.6 is 0 Å². The van der Waals surface area contributed by atoms with Crippen molar-refractivity contribution < 1.29 is 26.4 Å². The molecule has 0 aliphatic carbocycles. The Morgan fingerprint density at radius 2 is 0.970 bits per heavy atom. The van der Waals surface area contributed by atoms with Crippen LogP contribution in [0, 0.1) is 0 Å². The van der Waals surface area contributed by atoms with Gasteiger partial charge < -0.3 is 21.6 Å². The molecular weight excluding hydrogens is 430 g/mol. The maximum atomic E-state index is 11.3. The molecule has 0 bridgehead atoms. The van der Waals surface area contributed by atoms with Crippen molar-refractivity contribution in [3.05, 3.63) is 12.2 Å². The van der Waals surface area contributed by atoms with Gasteiger partial charge in [-0.3, -0.25) is 0 Å². The van der Waals surface area contributed by atoms with Crippen molar-refractivity contribution in [1.82, 2.24) is 0 Å². The number of rotatable bonds is 24. The van der Waals surface area contributed by atoms with Crippen molar-refractivity contribution in [2.75, 3.05) is 33.8 Å². The predicted octanol–water partition coefficient (Wildman–Crippen LogP) is 5.62. The molecule has 0 spiro atoms. The minimum Gasteiger partial charge on any atom is -1.00 e. The topological polar surface area (TPSA) is 26.3 Å². The van der Waals surface area contributed by atoms with Gasteiger partial charge in [-0.1, -0.05) is 103 Å². The van der Waals surface area contributed by atoms with Crippen LogP contribution in [-0.4, -0.2) is 44.2 Å². The van der Waals surface area contributed by atoms with Crippen molar-refractivity contribution >= 4 is 5.97 Å². The summed E-state index contributed by atoms with van der Waals surface area (Å²) in [4.78, 5) is 11.3. The zero-order valence-corrected chi connectivity index (χ0v) is 23.7. The Bertz CT molecular complexity index is 451. The van der Waals surface area contributed by atoms with Crippen molar-refractivity contribution in [1.29, 1.82) is 0 Å². The molecule has 0 unspecified atom stereocenters. The number of quaternary nitrogens is 1. The third-order valence-corrected chi connectivity index (χ3v) is 6.61. The first-order valence-electron chi connectivity index (χ1n) is 14.0. The van der Waals surface area contributed by atoms with Gasteiger partial charge in [0.1, 0.15) is 0 Å². The highest BCUT2D eigenvalue weighted by Gasteiger charge is 2.13. The molecule has 198 valence electrons. The minimum absolute atomic E-state index is 0. The normalized spacial score (nSPS) is 11.3. The predicted molar refractivity (Wildman–Crippen MR) is 141 cm³/mol. The lowest BCUT2D eigenvalue weighted by molar-refractivity contribution is -0.890. The van der Waals surface area contributed by atoms with Gasteiger partial charge >= 0.3 is 5.97 Å². The fourth-order valence-corrected chi connectivity index (χ4v) is 4.31.